The van der Waals surface area contributed by atoms with E-state index in [-0.39, 0.29) is 6.03 Å². The molecule has 3 nitrogen and oxygen atoms in total. The molecule has 0 bridgehead atoms. The third kappa shape index (κ3) is 2.39. The van der Waals surface area contributed by atoms with E-state index in [0.717, 1.165) is 0 Å². The third-order valence-electron chi connectivity index (χ3n) is 0.640. The summed E-state index contributed by atoms with van der Waals surface area (Å²) in [7, 11) is 3.25. The summed E-state index contributed by atoms with van der Waals surface area (Å²) < 4.78 is 1.48. The summed E-state index contributed by atoms with van der Waals surface area (Å²) in [4.78, 5) is 10.5. The molecule has 0 rings (SSSR count). The van der Waals surface area contributed by atoms with Crippen LogP contribution < -0.4 is 26.6 Å². The van der Waals surface area contributed by atoms with E-state index >= 15 is 0 Å². The standard InChI is InChI=1S/C3H7BIN2O/c1-6-3(8)7(2)5-4/h1-2H3,(H,6,8)/q-1. The van der Waals surface area contributed by atoms with Crippen molar-refractivity contribution in [3.63, 3.8) is 0 Å². The summed E-state index contributed by atoms with van der Waals surface area (Å²) in [5.41, 5.74) is 5.22. The number of carbonyl (C=O) groups excluding carboxylic acids is 1. The van der Waals surface area contributed by atoms with Crippen molar-refractivity contribution >= 4 is 11.7 Å². The second kappa shape index (κ2) is 4.00. The van der Waals surface area contributed by atoms with Crippen molar-refractivity contribution in [1.82, 2.24) is 8.43 Å². The number of hydrogen-bond donors (Lipinski definition) is 1. The normalized spacial score (nSPS) is 8.75. The molecule has 5 heteroatoms. The first-order chi connectivity index (χ1) is 3.72. The van der Waals surface area contributed by atoms with E-state index in [1.165, 1.54) is 3.11 Å². The van der Waals surface area contributed by atoms with E-state index in [4.69, 9.17) is 5.70 Å². The van der Waals surface area contributed by atoms with Crippen LogP contribution in [0, 0.1) is 0 Å². The summed E-state index contributed by atoms with van der Waals surface area (Å²) >= 11 is -0.581. The number of rotatable bonds is 1. The molecule has 0 unspecified atom stereocenters. The molecule has 0 aromatic rings. The Hall–Kier alpha value is 0.0649. The molecule has 0 aromatic heterocycles. The molecule has 0 atom stereocenters. The number of nitrogens with zero attached hydrogens (tertiary/aromatic N) is 1. The number of hydrogen-bond acceptors (Lipinski definition) is 1. The van der Waals surface area contributed by atoms with Gasteiger partial charge in [0.05, 0.1) is 0 Å². The van der Waals surface area contributed by atoms with Gasteiger partial charge in [0.25, 0.3) is 0 Å². The van der Waals surface area contributed by atoms with Gasteiger partial charge in [-0.1, -0.05) is 0 Å². The van der Waals surface area contributed by atoms with Crippen molar-refractivity contribution in [3.8, 4) is 0 Å². The van der Waals surface area contributed by atoms with Crippen LogP contribution in [0.2, 0.25) is 0 Å². The molecule has 2 amide bonds. The molecule has 2 radical (unpaired) electrons. The van der Waals surface area contributed by atoms with Crippen molar-refractivity contribution in [1.29, 1.82) is 0 Å². The fourth-order valence-electron chi connectivity index (χ4n) is 0.198. The first-order valence-electron chi connectivity index (χ1n) is 2.01. The SMILES string of the molecule is [B][I-]N(C)C(=O)NC. The predicted molar refractivity (Wildman–Crippen MR) is 28.0 cm³/mol. The van der Waals surface area contributed by atoms with Crippen molar-refractivity contribution in [3.05, 3.63) is 0 Å². The van der Waals surface area contributed by atoms with E-state index in [2.05, 4.69) is 5.32 Å². The van der Waals surface area contributed by atoms with Crippen LogP contribution in [0.15, 0.2) is 0 Å². The topological polar surface area (TPSA) is 32.3 Å². The molecule has 0 fully saturated rings. The van der Waals surface area contributed by atoms with E-state index in [1.807, 2.05) is 0 Å². The van der Waals surface area contributed by atoms with Crippen LogP contribution in [-0.4, -0.2) is 28.9 Å². The summed E-state index contributed by atoms with van der Waals surface area (Å²) in [5, 5.41) is 2.45. The van der Waals surface area contributed by atoms with Crippen LogP contribution in [0.25, 0.3) is 0 Å². The molecule has 0 saturated heterocycles. The van der Waals surface area contributed by atoms with Crippen molar-refractivity contribution in [2.24, 2.45) is 0 Å². The monoisotopic (exact) mass is 225 g/mol. The van der Waals surface area contributed by atoms with Gasteiger partial charge >= 0.3 is 60.3 Å². The fourth-order valence-corrected chi connectivity index (χ4v) is 0.693. The van der Waals surface area contributed by atoms with Gasteiger partial charge in [0.2, 0.25) is 0 Å². The van der Waals surface area contributed by atoms with E-state index in [1.54, 1.807) is 14.1 Å². The maximum absolute atomic E-state index is 10.5. The molecule has 0 aliphatic heterocycles. The predicted octanol–water partition coefficient (Wildman–Crippen LogP) is -3.65. The zero-order valence-corrected chi connectivity index (χ0v) is 6.97. The minimum absolute atomic E-state index is 0.111. The van der Waals surface area contributed by atoms with Gasteiger partial charge in [-0.3, -0.25) is 0 Å². The second-order valence-corrected chi connectivity index (χ2v) is 3.13. The van der Waals surface area contributed by atoms with Gasteiger partial charge in [-0.05, 0) is 0 Å². The van der Waals surface area contributed by atoms with Gasteiger partial charge in [-0.15, -0.1) is 0 Å². The average Bonchev–Trinajstić information content (AvgIpc) is 1.84. The quantitative estimate of drug-likeness (QED) is 0.278. The Balaban J connectivity index is 3.46. The van der Waals surface area contributed by atoms with Crippen LogP contribution in [0.3, 0.4) is 0 Å². The first kappa shape index (κ1) is 8.06. The Labute approximate surface area is 60.6 Å². The molecule has 8 heavy (non-hydrogen) atoms. The van der Waals surface area contributed by atoms with Crippen molar-refractivity contribution in [2.45, 2.75) is 0 Å². The zero-order valence-electron chi connectivity index (χ0n) is 4.81. The molecule has 0 saturated carbocycles. The Morgan fingerprint density at radius 3 is 2.50 bits per heavy atom. The summed E-state index contributed by atoms with van der Waals surface area (Å²) in [6.07, 6.45) is 0. The molecule has 0 aromatic carbocycles. The Morgan fingerprint density at radius 2 is 2.38 bits per heavy atom. The molecule has 0 heterocycles. The van der Waals surface area contributed by atoms with E-state index in [9.17, 15) is 4.79 Å². The van der Waals surface area contributed by atoms with Gasteiger partial charge in [0.1, 0.15) is 0 Å². The average molecular weight is 225 g/mol. The Morgan fingerprint density at radius 1 is 1.88 bits per heavy atom. The van der Waals surface area contributed by atoms with Crippen LogP contribution in [0.5, 0.6) is 0 Å². The maximum atomic E-state index is 10.5. The Kier molecular flexibility index (Phi) is 4.03. The number of urea groups is 1. The number of halogens is 1. The van der Waals surface area contributed by atoms with Gasteiger partial charge < -0.3 is 0 Å². The van der Waals surface area contributed by atoms with Crippen LogP contribution >= 0.6 is 0 Å². The zero-order chi connectivity index (χ0) is 6.57. The molecule has 46 valence electrons. The summed E-state index contributed by atoms with van der Waals surface area (Å²) in [6.45, 7) is 0. The summed E-state index contributed by atoms with van der Waals surface area (Å²) in [5.74, 6) is 0. The van der Waals surface area contributed by atoms with Crippen LogP contribution in [0.4, 0.5) is 4.79 Å². The van der Waals surface area contributed by atoms with Gasteiger partial charge in [-0.2, -0.15) is 0 Å². The van der Waals surface area contributed by atoms with E-state index < -0.39 is 21.3 Å². The third-order valence-corrected chi connectivity index (χ3v) is 1.91. The Bertz CT molecular complexity index is 89.4. The van der Waals surface area contributed by atoms with Crippen molar-refractivity contribution < 1.29 is 26.1 Å². The molecule has 0 spiro atoms. The number of amides is 2. The molecular formula is C3H7BIN2O-. The van der Waals surface area contributed by atoms with Crippen LogP contribution in [0.1, 0.15) is 0 Å². The number of nitrogens with one attached hydrogen (secondary N) is 1. The van der Waals surface area contributed by atoms with E-state index in [0.29, 0.717) is 0 Å². The van der Waals surface area contributed by atoms with Crippen LogP contribution in [-0.2, 0) is 0 Å². The van der Waals surface area contributed by atoms with Crippen molar-refractivity contribution in [2.75, 3.05) is 14.1 Å². The fraction of sp³-hybridized carbons (Fsp3) is 0.667. The van der Waals surface area contributed by atoms with Gasteiger partial charge in [0.15, 0.2) is 0 Å². The molecule has 0 aliphatic carbocycles. The first-order valence-corrected chi connectivity index (χ1v) is 4.22. The molecule has 1 N–H and O–H groups in total. The number of carbonyl (C=O) groups is 1. The molecular weight excluding hydrogens is 218 g/mol. The molecule has 0 aliphatic rings. The minimum atomic E-state index is -0.581. The second-order valence-electron chi connectivity index (χ2n) is 1.13. The van der Waals surface area contributed by atoms with Gasteiger partial charge in [0, 0.05) is 0 Å². The summed E-state index contributed by atoms with van der Waals surface area (Å²) in [6, 6.07) is -0.111. The van der Waals surface area contributed by atoms with Gasteiger partial charge in [-0.25, -0.2) is 0 Å².